The van der Waals surface area contributed by atoms with Gasteiger partial charge in [-0.3, -0.25) is 0 Å². The fraction of sp³-hybridized carbons (Fsp3) is 0.607. The summed E-state index contributed by atoms with van der Waals surface area (Å²) in [4.78, 5) is 14.5. The molecule has 3 aliphatic rings. The second-order valence-electron chi connectivity index (χ2n) is 11.0. The van der Waals surface area contributed by atoms with Gasteiger partial charge in [-0.15, -0.1) is 0 Å². The van der Waals surface area contributed by atoms with Gasteiger partial charge in [0.15, 0.2) is 5.11 Å². The van der Waals surface area contributed by atoms with Crippen molar-refractivity contribution in [3.63, 3.8) is 0 Å². The topological polar surface area (TPSA) is 56.3 Å². The summed E-state index contributed by atoms with van der Waals surface area (Å²) in [5.41, 5.74) is 1.15. The Labute approximate surface area is 220 Å². The third-order valence-electron chi connectivity index (χ3n) is 8.19. The number of halogens is 1. The fourth-order valence-electron chi connectivity index (χ4n) is 6.14. The molecule has 2 aromatic rings. The van der Waals surface area contributed by atoms with Crippen LogP contribution in [0, 0.1) is 11.7 Å². The lowest BCUT2D eigenvalue weighted by Gasteiger charge is -2.38. The van der Waals surface area contributed by atoms with Crippen LogP contribution in [-0.2, 0) is 5.41 Å². The summed E-state index contributed by atoms with van der Waals surface area (Å²) in [7, 11) is 0. The Kier molecular flexibility index (Phi) is 7.89. The van der Waals surface area contributed by atoms with Crippen molar-refractivity contribution in [3.8, 4) is 0 Å². The number of nitrogens with one attached hydrogen (secondary N) is 2. The van der Waals surface area contributed by atoms with E-state index in [9.17, 15) is 4.39 Å². The quantitative estimate of drug-likeness (QED) is 0.488. The molecule has 194 valence electrons. The molecule has 3 fully saturated rings. The Morgan fingerprint density at radius 1 is 0.972 bits per heavy atom. The summed E-state index contributed by atoms with van der Waals surface area (Å²) >= 11 is 5.73. The molecule has 1 atom stereocenters. The summed E-state index contributed by atoms with van der Waals surface area (Å²) < 4.78 is 13.6. The molecule has 6 nitrogen and oxygen atoms in total. The smallest absolute Gasteiger partial charge is 0.232 e. The van der Waals surface area contributed by atoms with Crippen LogP contribution in [0.15, 0.2) is 30.3 Å². The predicted octanol–water partition coefficient (Wildman–Crippen LogP) is 5.64. The molecule has 5 rings (SSSR count). The monoisotopic (exact) mass is 510 g/mol. The molecule has 0 unspecified atom stereocenters. The van der Waals surface area contributed by atoms with Crippen molar-refractivity contribution in [2.45, 2.75) is 70.1 Å². The fourth-order valence-corrected chi connectivity index (χ4v) is 6.30. The minimum Gasteiger partial charge on any atom is -0.361 e. The van der Waals surface area contributed by atoms with Crippen LogP contribution in [0.3, 0.4) is 0 Å². The number of hydrogen-bond acceptors (Lipinski definition) is 5. The minimum atomic E-state index is -0.191. The van der Waals surface area contributed by atoms with Crippen LogP contribution >= 0.6 is 12.2 Å². The van der Waals surface area contributed by atoms with E-state index in [0.717, 1.165) is 50.7 Å². The van der Waals surface area contributed by atoms with Crippen LogP contribution in [0.25, 0.3) is 0 Å². The van der Waals surface area contributed by atoms with Gasteiger partial charge in [-0.05, 0) is 74.4 Å². The highest BCUT2D eigenvalue weighted by atomic mass is 32.1. The molecule has 1 aliphatic carbocycles. The van der Waals surface area contributed by atoms with E-state index < -0.39 is 0 Å². The summed E-state index contributed by atoms with van der Waals surface area (Å²) in [5, 5.41) is 7.31. The van der Waals surface area contributed by atoms with Crippen molar-refractivity contribution in [3.05, 3.63) is 41.7 Å². The normalized spacial score (nSPS) is 21.9. The van der Waals surface area contributed by atoms with E-state index in [1.165, 1.54) is 50.5 Å². The van der Waals surface area contributed by atoms with Gasteiger partial charge in [0, 0.05) is 44.2 Å². The SMILES string of the molecule is C[C@H]1CCCN(c2cc(N3CCCC3)nc(NC(=S)NCC3(c4ccc(F)cc4)CCCCC3)n2)C1. The lowest BCUT2D eigenvalue weighted by atomic mass is 9.69. The van der Waals surface area contributed by atoms with E-state index >= 15 is 0 Å². The Morgan fingerprint density at radius 3 is 2.33 bits per heavy atom. The number of thiocarbonyl (C=S) groups is 1. The molecule has 2 saturated heterocycles. The Bertz CT molecular complexity index is 1030. The van der Waals surface area contributed by atoms with Crippen molar-refractivity contribution in [2.24, 2.45) is 5.92 Å². The first-order chi connectivity index (χ1) is 17.5. The van der Waals surface area contributed by atoms with Gasteiger partial charge in [-0.25, -0.2) is 4.39 Å². The summed E-state index contributed by atoms with van der Waals surface area (Å²) in [6.07, 6.45) is 10.6. The molecule has 0 radical (unpaired) electrons. The Balaban J connectivity index is 1.31. The number of piperidine rings is 1. The zero-order chi connectivity index (χ0) is 25.0. The number of benzene rings is 1. The molecule has 1 aromatic carbocycles. The zero-order valence-corrected chi connectivity index (χ0v) is 22.3. The van der Waals surface area contributed by atoms with Crippen LogP contribution in [0.4, 0.5) is 22.0 Å². The molecule has 0 amide bonds. The van der Waals surface area contributed by atoms with Crippen LogP contribution in [0.2, 0.25) is 0 Å². The average Bonchev–Trinajstić information content (AvgIpc) is 3.44. The van der Waals surface area contributed by atoms with Gasteiger partial charge in [-0.1, -0.05) is 38.3 Å². The van der Waals surface area contributed by atoms with Crippen molar-refractivity contribution in [1.82, 2.24) is 15.3 Å². The van der Waals surface area contributed by atoms with E-state index in [-0.39, 0.29) is 11.2 Å². The summed E-state index contributed by atoms with van der Waals surface area (Å²) in [6, 6.07) is 9.17. The molecule has 0 spiro atoms. The Morgan fingerprint density at radius 2 is 1.64 bits per heavy atom. The average molecular weight is 511 g/mol. The maximum absolute atomic E-state index is 13.6. The van der Waals surface area contributed by atoms with Crippen molar-refractivity contribution >= 4 is 34.9 Å². The zero-order valence-electron chi connectivity index (χ0n) is 21.4. The largest absolute Gasteiger partial charge is 0.361 e. The maximum atomic E-state index is 13.6. The molecule has 2 aliphatic heterocycles. The van der Waals surface area contributed by atoms with Gasteiger partial charge in [0.25, 0.3) is 0 Å². The predicted molar refractivity (Wildman–Crippen MR) is 149 cm³/mol. The minimum absolute atomic E-state index is 0.0367. The van der Waals surface area contributed by atoms with Crippen LogP contribution in [0.1, 0.15) is 70.3 Å². The molecule has 0 bridgehead atoms. The van der Waals surface area contributed by atoms with Crippen molar-refractivity contribution < 1.29 is 4.39 Å². The number of nitrogens with zero attached hydrogens (tertiary/aromatic N) is 4. The molecule has 3 heterocycles. The third-order valence-corrected chi connectivity index (χ3v) is 8.44. The van der Waals surface area contributed by atoms with Crippen LogP contribution in [0.5, 0.6) is 0 Å². The molecule has 36 heavy (non-hydrogen) atoms. The Hall–Kier alpha value is -2.48. The molecule has 1 aromatic heterocycles. The van der Waals surface area contributed by atoms with E-state index in [0.29, 0.717) is 23.5 Å². The van der Waals surface area contributed by atoms with Crippen molar-refractivity contribution in [1.29, 1.82) is 0 Å². The number of hydrogen-bond donors (Lipinski definition) is 2. The van der Waals surface area contributed by atoms with E-state index in [4.69, 9.17) is 22.2 Å². The summed E-state index contributed by atoms with van der Waals surface area (Å²) in [6.45, 7) is 7.16. The van der Waals surface area contributed by atoms with Gasteiger partial charge in [-0.2, -0.15) is 9.97 Å². The number of rotatable bonds is 6. The summed E-state index contributed by atoms with van der Waals surface area (Å²) in [5.74, 6) is 3.00. The molecule has 8 heteroatoms. The first-order valence-electron chi connectivity index (χ1n) is 13.7. The van der Waals surface area contributed by atoms with Gasteiger partial charge in [0.05, 0.1) is 0 Å². The first-order valence-corrected chi connectivity index (χ1v) is 14.1. The molecule has 2 N–H and O–H groups in total. The van der Waals surface area contributed by atoms with Gasteiger partial charge < -0.3 is 20.4 Å². The van der Waals surface area contributed by atoms with Crippen LogP contribution in [-0.4, -0.2) is 47.8 Å². The van der Waals surface area contributed by atoms with Gasteiger partial charge >= 0.3 is 0 Å². The van der Waals surface area contributed by atoms with Gasteiger partial charge in [0.2, 0.25) is 5.95 Å². The highest BCUT2D eigenvalue weighted by molar-refractivity contribution is 7.80. The number of anilines is 3. The van der Waals surface area contributed by atoms with E-state index in [1.54, 1.807) is 12.1 Å². The van der Waals surface area contributed by atoms with E-state index in [1.807, 2.05) is 12.1 Å². The second-order valence-corrected chi connectivity index (χ2v) is 11.4. The number of aromatic nitrogens is 2. The first kappa shape index (κ1) is 25.2. The standard InChI is InChI=1S/C28H39FN6S/c1-21-8-7-17-35(19-21)25-18-24(34-15-5-6-16-34)31-26(32-25)33-27(36)30-20-28(13-3-2-4-14-28)22-9-11-23(29)12-10-22/h9-12,18,21H,2-8,13-17,19-20H2,1H3,(H2,30,31,32,33,36)/t21-/m0/s1. The highest BCUT2D eigenvalue weighted by Gasteiger charge is 2.34. The highest BCUT2D eigenvalue weighted by Crippen LogP contribution is 2.39. The third kappa shape index (κ3) is 5.90. The lowest BCUT2D eigenvalue weighted by Crippen LogP contribution is -2.43. The molecular weight excluding hydrogens is 471 g/mol. The van der Waals surface area contributed by atoms with E-state index in [2.05, 4.69) is 33.4 Å². The second kappa shape index (κ2) is 11.3. The van der Waals surface area contributed by atoms with Gasteiger partial charge in [0.1, 0.15) is 17.5 Å². The lowest BCUT2D eigenvalue weighted by molar-refractivity contribution is 0.292. The maximum Gasteiger partial charge on any atom is 0.232 e. The molecular formula is C28H39FN6S. The molecule has 1 saturated carbocycles. The van der Waals surface area contributed by atoms with Crippen molar-refractivity contribution in [2.75, 3.05) is 47.8 Å². The van der Waals surface area contributed by atoms with Crippen LogP contribution < -0.4 is 20.4 Å².